The van der Waals surface area contributed by atoms with Gasteiger partial charge in [0.1, 0.15) is 5.75 Å². The van der Waals surface area contributed by atoms with Crippen LogP contribution in [0, 0.1) is 30.6 Å². The van der Waals surface area contributed by atoms with Crippen molar-refractivity contribution in [2.75, 3.05) is 25.6 Å². The van der Waals surface area contributed by atoms with Gasteiger partial charge in [-0.25, -0.2) is 0 Å². The van der Waals surface area contributed by atoms with Crippen LogP contribution in [0.1, 0.15) is 24.0 Å². The summed E-state index contributed by atoms with van der Waals surface area (Å²) < 4.78 is 5.50. The zero-order chi connectivity index (χ0) is 13.3. The van der Waals surface area contributed by atoms with Crippen molar-refractivity contribution in [3.63, 3.8) is 0 Å². The van der Waals surface area contributed by atoms with Gasteiger partial charge in [0.15, 0.2) is 0 Å². The Labute approximate surface area is 109 Å². The molecule has 0 aliphatic heterocycles. The minimum Gasteiger partial charge on any atom is -0.494 e. The molecule has 3 nitrogen and oxygen atoms in total. The summed E-state index contributed by atoms with van der Waals surface area (Å²) in [6.07, 6.45) is 2.03. The van der Waals surface area contributed by atoms with Gasteiger partial charge in [-0.1, -0.05) is 6.07 Å². The first-order valence-corrected chi connectivity index (χ1v) is 6.29. The predicted octanol–water partition coefficient (Wildman–Crippen LogP) is 3.05. The summed E-state index contributed by atoms with van der Waals surface area (Å²) in [5, 5.41) is 9.18. The molecular formula is C15H20N2O. The van der Waals surface area contributed by atoms with Gasteiger partial charge in [-0.3, -0.25) is 0 Å². The Morgan fingerprint density at radius 1 is 1.39 bits per heavy atom. The molecule has 0 atom stereocenters. The number of methoxy groups -OCH3 is 1. The SMILES string of the molecule is COc1c(C)cc(C)cc1N(C)CC1(C#N)CC1. The number of ether oxygens (including phenoxy) is 1. The molecule has 18 heavy (non-hydrogen) atoms. The number of hydrogen-bond acceptors (Lipinski definition) is 3. The Kier molecular flexibility index (Phi) is 3.21. The molecule has 0 radical (unpaired) electrons. The molecule has 1 saturated carbocycles. The van der Waals surface area contributed by atoms with E-state index in [1.807, 2.05) is 7.05 Å². The molecule has 0 bridgehead atoms. The van der Waals surface area contributed by atoms with E-state index in [1.54, 1.807) is 7.11 Å². The third kappa shape index (κ3) is 2.28. The van der Waals surface area contributed by atoms with Crippen LogP contribution in [0.5, 0.6) is 5.75 Å². The summed E-state index contributed by atoms with van der Waals surface area (Å²) in [6, 6.07) is 6.68. The van der Waals surface area contributed by atoms with E-state index in [1.165, 1.54) is 5.56 Å². The van der Waals surface area contributed by atoms with Crippen molar-refractivity contribution < 1.29 is 4.74 Å². The number of hydrogen-bond donors (Lipinski definition) is 0. The van der Waals surface area contributed by atoms with Gasteiger partial charge in [-0.05, 0) is 43.9 Å². The Morgan fingerprint density at radius 2 is 2.06 bits per heavy atom. The molecule has 0 saturated heterocycles. The quantitative estimate of drug-likeness (QED) is 0.816. The van der Waals surface area contributed by atoms with E-state index < -0.39 is 0 Å². The van der Waals surface area contributed by atoms with Crippen LogP contribution in [-0.2, 0) is 0 Å². The molecule has 2 rings (SSSR count). The molecule has 0 heterocycles. The maximum absolute atomic E-state index is 9.18. The minimum atomic E-state index is -0.128. The molecule has 0 aromatic heterocycles. The molecule has 0 amide bonds. The predicted molar refractivity (Wildman–Crippen MR) is 73.0 cm³/mol. The number of nitriles is 1. The maximum atomic E-state index is 9.18. The number of aryl methyl sites for hydroxylation is 2. The highest BCUT2D eigenvalue weighted by Crippen LogP contribution is 2.46. The molecule has 1 fully saturated rings. The van der Waals surface area contributed by atoms with Gasteiger partial charge in [0.05, 0.1) is 24.3 Å². The number of anilines is 1. The number of rotatable bonds is 4. The average molecular weight is 244 g/mol. The monoisotopic (exact) mass is 244 g/mol. The van der Waals surface area contributed by atoms with Gasteiger partial charge in [0, 0.05) is 13.6 Å². The van der Waals surface area contributed by atoms with Crippen LogP contribution < -0.4 is 9.64 Å². The van der Waals surface area contributed by atoms with Crippen molar-refractivity contribution in [2.45, 2.75) is 26.7 Å². The van der Waals surface area contributed by atoms with Crippen molar-refractivity contribution in [3.05, 3.63) is 23.3 Å². The van der Waals surface area contributed by atoms with E-state index in [0.29, 0.717) is 0 Å². The second-order valence-corrected chi connectivity index (χ2v) is 5.38. The highest BCUT2D eigenvalue weighted by molar-refractivity contribution is 5.63. The first kappa shape index (κ1) is 12.8. The summed E-state index contributed by atoms with van der Waals surface area (Å²) in [5.74, 6) is 0.914. The number of nitrogens with zero attached hydrogens (tertiary/aromatic N) is 2. The third-order valence-corrected chi connectivity index (χ3v) is 3.65. The summed E-state index contributed by atoms with van der Waals surface area (Å²) in [5.41, 5.74) is 3.31. The van der Waals surface area contributed by atoms with Crippen molar-refractivity contribution >= 4 is 5.69 Å². The lowest BCUT2D eigenvalue weighted by Crippen LogP contribution is -2.26. The Morgan fingerprint density at radius 3 is 2.56 bits per heavy atom. The summed E-state index contributed by atoms with van der Waals surface area (Å²) >= 11 is 0. The van der Waals surface area contributed by atoms with Crippen LogP contribution in [0.4, 0.5) is 5.69 Å². The molecule has 3 heteroatoms. The lowest BCUT2D eigenvalue weighted by atomic mass is 10.1. The zero-order valence-corrected chi connectivity index (χ0v) is 11.6. The highest BCUT2D eigenvalue weighted by Gasteiger charge is 2.44. The van der Waals surface area contributed by atoms with E-state index in [0.717, 1.165) is 36.4 Å². The normalized spacial score (nSPS) is 15.9. The molecular weight excluding hydrogens is 224 g/mol. The van der Waals surface area contributed by atoms with Gasteiger partial charge >= 0.3 is 0 Å². The average Bonchev–Trinajstić information content (AvgIpc) is 3.08. The van der Waals surface area contributed by atoms with Crippen molar-refractivity contribution in [1.29, 1.82) is 5.26 Å². The fourth-order valence-electron chi connectivity index (χ4n) is 2.48. The molecule has 1 aliphatic carbocycles. The topological polar surface area (TPSA) is 36.3 Å². The van der Waals surface area contributed by atoms with E-state index in [-0.39, 0.29) is 5.41 Å². The van der Waals surface area contributed by atoms with Crippen molar-refractivity contribution in [3.8, 4) is 11.8 Å². The summed E-state index contributed by atoms with van der Waals surface area (Å²) in [6.45, 7) is 4.92. The Bertz CT molecular complexity index is 498. The Balaban J connectivity index is 2.29. The van der Waals surface area contributed by atoms with E-state index in [4.69, 9.17) is 4.74 Å². The highest BCUT2D eigenvalue weighted by atomic mass is 16.5. The molecule has 1 aromatic carbocycles. The minimum absolute atomic E-state index is 0.128. The van der Waals surface area contributed by atoms with Crippen molar-refractivity contribution in [2.24, 2.45) is 5.41 Å². The Hall–Kier alpha value is -1.69. The van der Waals surface area contributed by atoms with Crippen LogP contribution in [-0.4, -0.2) is 20.7 Å². The molecule has 96 valence electrons. The largest absolute Gasteiger partial charge is 0.494 e. The summed E-state index contributed by atoms with van der Waals surface area (Å²) in [7, 11) is 3.74. The van der Waals surface area contributed by atoms with E-state index >= 15 is 0 Å². The van der Waals surface area contributed by atoms with Crippen LogP contribution in [0.25, 0.3) is 0 Å². The second kappa shape index (κ2) is 4.53. The molecule has 0 N–H and O–H groups in total. The van der Waals surface area contributed by atoms with E-state index in [2.05, 4.69) is 36.9 Å². The fourth-order valence-corrected chi connectivity index (χ4v) is 2.48. The van der Waals surface area contributed by atoms with Gasteiger partial charge < -0.3 is 9.64 Å². The van der Waals surface area contributed by atoms with Gasteiger partial charge in [0.2, 0.25) is 0 Å². The van der Waals surface area contributed by atoms with E-state index in [9.17, 15) is 5.26 Å². The smallest absolute Gasteiger partial charge is 0.145 e. The maximum Gasteiger partial charge on any atom is 0.145 e. The first-order chi connectivity index (χ1) is 8.51. The van der Waals surface area contributed by atoms with Crippen LogP contribution in [0.15, 0.2) is 12.1 Å². The lowest BCUT2D eigenvalue weighted by Gasteiger charge is -2.25. The lowest BCUT2D eigenvalue weighted by molar-refractivity contribution is 0.411. The molecule has 1 aromatic rings. The molecule has 0 spiro atoms. The van der Waals surface area contributed by atoms with Gasteiger partial charge in [-0.15, -0.1) is 0 Å². The van der Waals surface area contributed by atoms with Crippen LogP contribution in [0.3, 0.4) is 0 Å². The number of benzene rings is 1. The van der Waals surface area contributed by atoms with Gasteiger partial charge in [0.25, 0.3) is 0 Å². The zero-order valence-electron chi connectivity index (χ0n) is 11.6. The molecule has 1 aliphatic rings. The van der Waals surface area contributed by atoms with Gasteiger partial charge in [-0.2, -0.15) is 5.26 Å². The van der Waals surface area contributed by atoms with Crippen LogP contribution in [0.2, 0.25) is 0 Å². The summed E-state index contributed by atoms with van der Waals surface area (Å²) in [4.78, 5) is 2.15. The first-order valence-electron chi connectivity index (χ1n) is 6.29. The standard InChI is InChI=1S/C15H20N2O/c1-11-7-12(2)14(18-4)13(8-11)17(3)10-15(9-16)5-6-15/h7-8H,5-6,10H2,1-4H3. The van der Waals surface area contributed by atoms with Crippen LogP contribution >= 0.6 is 0 Å². The van der Waals surface area contributed by atoms with Crippen molar-refractivity contribution in [1.82, 2.24) is 0 Å². The second-order valence-electron chi connectivity index (χ2n) is 5.38. The molecule has 0 unspecified atom stereocenters. The fraction of sp³-hybridized carbons (Fsp3) is 0.533. The third-order valence-electron chi connectivity index (χ3n) is 3.65.